The molecular formula is C12H14N2O3. The standard InChI is InChI=1S/C12H14N2O3/c15-11-9-14(12(16)13-11)7-4-8-17-10-5-2-1-3-6-10/h1-3,5-6H,4,7-9H2,(H,13,15,16). The third-order valence-corrected chi connectivity index (χ3v) is 2.45. The Kier molecular flexibility index (Phi) is 3.59. The van der Waals surface area contributed by atoms with Crippen LogP contribution in [0.4, 0.5) is 4.79 Å². The SMILES string of the molecule is O=C1CN(CCCOc2ccccc2)C(=O)N1. The van der Waals surface area contributed by atoms with Crippen molar-refractivity contribution in [2.45, 2.75) is 6.42 Å². The fourth-order valence-electron chi connectivity index (χ4n) is 1.63. The molecule has 17 heavy (non-hydrogen) atoms. The van der Waals surface area contributed by atoms with E-state index in [1.54, 1.807) is 0 Å². The summed E-state index contributed by atoms with van der Waals surface area (Å²) in [5.74, 6) is 0.577. The molecule has 1 heterocycles. The highest BCUT2D eigenvalue weighted by Gasteiger charge is 2.25. The topological polar surface area (TPSA) is 58.6 Å². The van der Waals surface area contributed by atoms with Crippen molar-refractivity contribution in [3.63, 3.8) is 0 Å². The van der Waals surface area contributed by atoms with Crippen LogP contribution in [0.2, 0.25) is 0 Å². The molecule has 1 aliphatic rings. The molecule has 1 aromatic carbocycles. The molecule has 5 heteroatoms. The van der Waals surface area contributed by atoms with Crippen LogP contribution in [0.25, 0.3) is 0 Å². The van der Waals surface area contributed by atoms with Crippen LogP contribution in [0.15, 0.2) is 30.3 Å². The van der Waals surface area contributed by atoms with E-state index in [2.05, 4.69) is 5.32 Å². The highest BCUT2D eigenvalue weighted by Crippen LogP contribution is 2.08. The monoisotopic (exact) mass is 234 g/mol. The maximum atomic E-state index is 11.2. The van der Waals surface area contributed by atoms with Crippen molar-refractivity contribution in [2.75, 3.05) is 19.7 Å². The molecular weight excluding hydrogens is 220 g/mol. The molecule has 0 atom stereocenters. The summed E-state index contributed by atoms with van der Waals surface area (Å²) in [6, 6.07) is 9.18. The molecule has 1 fully saturated rings. The summed E-state index contributed by atoms with van der Waals surface area (Å²) < 4.78 is 5.48. The van der Waals surface area contributed by atoms with Gasteiger partial charge in [0.2, 0.25) is 5.91 Å². The number of hydrogen-bond donors (Lipinski definition) is 1. The second kappa shape index (κ2) is 5.34. The molecule has 1 aliphatic heterocycles. The predicted octanol–water partition coefficient (Wildman–Crippen LogP) is 1.01. The average Bonchev–Trinajstić information content (AvgIpc) is 2.65. The zero-order valence-electron chi connectivity index (χ0n) is 9.39. The van der Waals surface area contributed by atoms with Crippen LogP contribution in [0.1, 0.15) is 6.42 Å². The molecule has 0 bridgehead atoms. The molecule has 0 saturated carbocycles. The molecule has 1 N–H and O–H groups in total. The van der Waals surface area contributed by atoms with Crippen molar-refractivity contribution >= 4 is 11.9 Å². The third-order valence-electron chi connectivity index (χ3n) is 2.45. The van der Waals surface area contributed by atoms with E-state index in [4.69, 9.17) is 4.74 Å². The van der Waals surface area contributed by atoms with Gasteiger partial charge in [0.1, 0.15) is 12.3 Å². The van der Waals surface area contributed by atoms with Crippen LogP contribution in [0, 0.1) is 0 Å². The van der Waals surface area contributed by atoms with E-state index < -0.39 is 0 Å². The minimum absolute atomic E-state index is 0.157. The van der Waals surface area contributed by atoms with Crippen molar-refractivity contribution in [3.05, 3.63) is 30.3 Å². The summed E-state index contributed by atoms with van der Waals surface area (Å²) in [6.07, 6.45) is 0.704. The normalized spacial score (nSPS) is 14.9. The fourth-order valence-corrected chi connectivity index (χ4v) is 1.63. The van der Waals surface area contributed by atoms with Crippen molar-refractivity contribution < 1.29 is 14.3 Å². The second-order valence-corrected chi connectivity index (χ2v) is 3.79. The molecule has 0 radical (unpaired) electrons. The van der Waals surface area contributed by atoms with Crippen LogP contribution in [0.3, 0.4) is 0 Å². The van der Waals surface area contributed by atoms with Crippen molar-refractivity contribution in [1.29, 1.82) is 0 Å². The molecule has 3 amide bonds. The van der Waals surface area contributed by atoms with Gasteiger partial charge in [-0.15, -0.1) is 0 Å². The third kappa shape index (κ3) is 3.21. The van der Waals surface area contributed by atoms with Crippen LogP contribution in [-0.4, -0.2) is 36.5 Å². The first-order valence-corrected chi connectivity index (χ1v) is 5.52. The highest BCUT2D eigenvalue weighted by molar-refractivity contribution is 6.01. The Bertz CT molecular complexity index is 405. The lowest BCUT2D eigenvalue weighted by Crippen LogP contribution is -2.29. The summed E-state index contributed by atoms with van der Waals surface area (Å²) >= 11 is 0. The van der Waals surface area contributed by atoms with Crippen molar-refractivity contribution in [2.24, 2.45) is 0 Å². The number of nitrogens with one attached hydrogen (secondary N) is 1. The Balaban J connectivity index is 1.67. The highest BCUT2D eigenvalue weighted by atomic mass is 16.5. The Labute approximate surface area is 99.4 Å². The quantitative estimate of drug-likeness (QED) is 0.611. The second-order valence-electron chi connectivity index (χ2n) is 3.79. The Morgan fingerprint density at radius 2 is 2.00 bits per heavy atom. The Morgan fingerprint density at radius 1 is 1.24 bits per heavy atom. The number of imide groups is 1. The average molecular weight is 234 g/mol. The first-order valence-electron chi connectivity index (χ1n) is 5.52. The van der Waals surface area contributed by atoms with Crippen LogP contribution >= 0.6 is 0 Å². The van der Waals surface area contributed by atoms with Gasteiger partial charge < -0.3 is 9.64 Å². The Hall–Kier alpha value is -2.04. The number of para-hydroxylation sites is 1. The number of rotatable bonds is 5. The van der Waals surface area contributed by atoms with E-state index in [1.165, 1.54) is 4.90 Å². The van der Waals surface area contributed by atoms with E-state index in [1.807, 2.05) is 30.3 Å². The number of carbonyl (C=O) groups is 2. The number of nitrogens with zero attached hydrogens (tertiary/aromatic N) is 1. The lowest BCUT2D eigenvalue weighted by molar-refractivity contribution is -0.118. The maximum Gasteiger partial charge on any atom is 0.324 e. The molecule has 0 aromatic heterocycles. The van der Waals surface area contributed by atoms with E-state index >= 15 is 0 Å². The number of hydrogen-bond acceptors (Lipinski definition) is 3. The number of amides is 3. The fraction of sp³-hybridized carbons (Fsp3) is 0.333. The molecule has 1 aromatic rings. The summed E-state index contributed by atoms with van der Waals surface area (Å²) in [4.78, 5) is 23.6. The van der Waals surface area contributed by atoms with Gasteiger partial charge in [-0.05, 0) is 18.6 Å². The van der Waals surface area contributed by atoms with Gasteiger partial charge in [0.25, 0.3) is 0 Å². The number of ether oxygens (including phenoxy) is 1. The smallest absolute Gasteiger partial charge is 0.324 e. The lowest BCUT2D eigenvalue weighted by Gasteiger charge is -2.13. The largest absolute Gasteiger partial charge is 0.494 e. The van der Waals surface area contributed by atoms with E-state index in [0.29, 0.717) is 19.6 Å². The minimum Gasteiger partial charge on any atom is -0.494 e. The van der Waals surface area contributed by atoms with Gasteiger partial charge >= 0.3 is 6.03 Å². The molecule has 0 aliphatic carbocycles. The van der Waals surface area contributed by atoms with Gasteiger partial charge in [-0.2, -0.15) is 0 Å². The maximum absolute atomic E-state index is 11.2. The Morgan fingerprint density at radius 3 is 2.65 bits per heavy atom. The summed E-state index contributed by atoms with van der Waals surface area (Å²) in [5.41, 5.74) is 0. The van der Waals surface area contributed by atoms with Gasteiger partial charge in [0.05, 0.1) is 6.61 Å². The van der Waals surface area contributed by atoms with Gasteiger partial charge in [-0.1, -0.05) is 18.2 Å². The molecule has 2 rings (SSSR count). The van der Waals surface area contributed by atoms with Gasteiger partial charge in [-0.25, -0.2) is 4.79 Å². The summed E-state index contributed by atoms with van der Waals surface area (Å²) in [7, 11) is 0. The minimum atomic E-state index is -0.310. The van der Waals surface area contributed by atoms with Crippen LogP contribution < -0.4 is 10.1 Å². The number of carbonyl (C=O) groups excluding carboxylic acids is 2. The number of benzene rings is 1. The van der Waals surface area contributed by atoms with E-state index in [9.17, 15) is 9.59 Å². The zero-order chi connectivity index (χ0) is 12.1. The first kappa shape index (κ1) is 11.4. The van der Waals surface area contributed by atoms with E-state index in [-0.39, 0.29) is 18.5 Å². The van der Waals surface area contributed by atoms with Crippen LogP contribution in [-0.2, 0) is 4.79 Å². The molecule has 5 nitrogen and oxygen atoms in total. The molecule has 0 spiro atoms. The van der Waals surface area contributed by atoms with Gasteiger partial charge in [0, 0.05) is 6.54 Å². The van der Waals surface area contributed by atoms with Crippen molar-refractivity contribution in [1.82, 2.24) is 10.2 Å². The molecule has 0 unspecified atom stereocenters. The van der Waals surface area contributed by atoms with Gasteiger partial charge in [-0.3, -0.25) is 10.1 Å². The summed E-state index contributed by atoms with van der Waals surface area (Å²) in [6.45, 7) is 1.22. The van der Waals surface area contributed by atoms with Crippen molar-refractivity contribution in [3.8, 4) is 5.75 Å². The number of urea groups is 1. The van der Waals surface area contributed by atoms with Gasteiger partial charge in [0.15, 0.2) is 0 Å². The van der Waals surface area contributed by atoms with E-state index in [0.717, 1.165) is 5.75 Å². The predicted molar refractivity (Wildman–Crippen MR) is 61.7 cm³/mol. The first-order chi connectivity index (χ1) is 8.25. The van der Waals surface area contributed by atoms with Crippen LogP contribution in [0.5, 0.6) is 5.75 Å². The molecule has 1 saturated heterocycles. The summed E-state index contributed by atoms with van der Waals surface area (Å²) in [5, 5.41) is 2.23. The zero-order valence-corrected chi connectivity index (χ0v) is 9.39. The molecule has 90 valence electrons. The lowest BCUT2D eigenvalue weighted by atomic mass is 10.3.